The van der Waals surface area contributed by atoms with E-state index in [0.717, 1.165) is 36.8 Å². The minimum Gasteiger partial charge on any atom is -0.480 e. The van der Waals surface area contributed by atoms with Crippen molar-refractivity contribution in [3.05, 3.63) is 59.7 Å². The van der Waals surface area contributed by atoms with E-state index in [4.69, 9.17) is 15.0 Å². The number of aliphatic carboxylic acids is 1. The molecule has 286 valence electrons. The maximum Gasteiger partial charge on any atom is 0.329 e. The molecule has 0 saturated heterocycles. The van der Waals surface area contributed by atoms with E-state index in [-0.39, 0.29) is 31.5 Å². The molecular weight excluding hydrogens is 712 g/mol. The first-order chi connectivity index (χ1) is 23.4. The maximum atomic E-state index is 11.3. The quantitative estimate of drug-likeness (QED) is 0.0436. The van der Waals surface area contributed by atoms with Gasteiger partial charge >= 0.3 is 5.97 Å². The molecular formula is C38H64O9S2Ti. The summed E-state index contributed by atoms with van der Waals surface area (Å²) in [6.45, 7) is 3.69. The summed E-state index contributed by atoms with van der Waals surface area (Å²) < 4.78 is 63.6. The average Bonchev–Trinajstić information content (AvgIpc) is 3.06. The van der Waals surface area contributed by atoms with Crippen LogP contribution in [0.3, 0.4) is 0 Å². The van der Waals surface area contributed by atoms with Crippen LogP contribution >= 0.6 is 0 Å². The standard InChI is InChI=1S/2C18H30O3S.C2H4O3.Ti/c2*1-2-3-4-5-6-7-8-9-10-11-14-17-15-12-13-16-18(17)22(19,20)21;3-1-2(4)5;/h2*12-13,15-16H,2-11,14H2,1H3,(H,19,20,21);3H,1H2,(H,4,5);. The molecule has 0 aliphatic carbocycles. The van der Waals surface area contributed by atoms with Crippen molar-refractivity contribution in [3.63, 3.8) is 0 Å². The molecule has 0 aliphatic heterocycles. The Morgan fingerprint density at radius 3 is 0.980 bits per heavy atom. The Morgan fingerprint density at radius 2 is 0.740 bits per heavy atom. The van der Waals surface area contributed by atoms with E-state index in [0.29, 0.717) is 12.8 Å². The number of carbonyl (C=O) groups is 1. The molecule has 0 spiro atoms. The number of unbranched alkanes of at least 4 members (excludes halogenated alkanes) is 18. The van der Waals surface area contributed by atoms with Gasteiger partial charge in [0.1, 0.15) is 6.61 Å². The van der Waals surface area contributed by atoms with Gasteiger partial charge in [-0.1, -0.05) is 166 Å². The van der Waals surface area contributed by atoms with E-state index in [9.17, 15) is 25.9 Å². The van der Waals surface area contributed by atoms with Crippen LogP contribution in [0.25, 0.3) is 0 Å². The van der Waals surface area contributed by atoms with Crippen LogP contribution in [0.15, 0.2) is 58.3 Å². The van der Waals surface area contributed by atoms with Gasteiger partial charge in [0.2, 0.25) is 0 Å². The van der Waals surface area contributed by atoms with Gasteiger partial charge in [-0.2, -0.15) is 16.8 Å². The first kappa shape index (κ1) is 50.5. The molecule has 0 atom stereocenters. The Morgan fingerprint density at radius 1 is 0.500 bits per heavy atom. The Kier molecular flexibility index (Phi) is 32.4. The molecule has 0 heterocycles. The van der Waals surface area contributed by atoms with Crippen molar-refractivity contribution in [2.24, 2.45) is 0 Å². The number of carboxylic acids is 1. The molecule has 0 amide bonds. The molecule has 0 aromatic heterocycles. The van der Waals surface area contributed by atoms with Crippen molar-refractivity contribution in [1.29, 1.82) is 0 Å². The topological polar surface area (TPSA) is 166 Å². The molecule has 12 heteroatoms. The van der Waals surface area contributed by atoms with E-state index >= 15 is 0 Å². The van der Waals surface area contributed by atoms with Gasteiger partial charge in [-0.05, 0) is 48.9 Å². The molecule has 0 unspecified atom stereocenters. The number of hydrogen-bond donors (Lipinski definition) is 4. The van der Waals surface area contributed by atoms with E-state index < -0.39 is 32.8 Å². The van der Waals surface area contributed by atoms with Gasteiger partial charge in [-0.3, -0.25) is 9.11 Å². The molecule has 4 N–H and O–H groups in total. The first-order valence-electron chi connectivity index (χ1n) is 18.3. The summed E-state index contributed by atoms with van der Waals surface area (Å²) in [7, 11) is -8.19. The molecule has 0 saturated carbocycles. The third-order valence-corrected chi connectivity index (χ3v) is 10.1. The largest absolute Gasteiger partial charge is 0.480 e. The van der Waals surface area contributed by atoms with Gasteiger partial charge in [-0.25, -0.2) is 4.79 Å². The van der Waals surface area contributed by atoms with Gasteiger partial charge in [0.15, 0.2) is 0 Å². The van der Waals surface area contributed by atoms with Crippen molar-refractivity contribution in [2.75, 3.05) is 6.61 Å². The summed E-state index contributed by atoms with van der Waals surface area (Å²) in [5, 5.41) is 15.0. The molecule has 2 aromatic carbocycles. The number of aliphatic hydroxyl groups excluding tert-OH is 1. The Balaban J connectivity index is 0. The molecule has 0 aliphatic rings. The second-order valence-electron chi connectivity index (χ2n) is 12.6. The van der Waals surface area contributed by atoms with Crippen LogP contribution in [-0.4, -0.2) is 48.7 Å². The molecule has 50 heavy (non-hydrogen) atoms. The van der Waals surface area contributed by atoms with E-state index in [1.165, 1.54) is 115 Å². The van der Waals surface area contributed by atoms with Crippen molar-refractivity contribution in [1.82, 2.24) is 0 Å². The summed E-state index contributed by atoms with van der Waals surface area (Å²) in [4.78, 5) is 9.24. The molecule has 0 radical (unpaired) electrons. The third-order valence-electron chi connectivity index (χ3n) is 8.24. The Bertz CT molecular complexity index is 1240. The van der Waals surface area contributed by atoms with E-state index in [1.54, 1.807) is 24.3 Å². The zero-order valence-electron chi connectivity index (χ0n) is 30.5. The summed E-state index contributed by atoms with van der Waals surface area (Å²) in [6.07, 6.45) is 26.6. The smallest absolute Gasteiger partial charge is 0.329 e. The number of aliphatic hydroxyl groups is 1. The molecule has 9 nitrogen and oxygen atoms in total. The van der Waals surface area contributed by atoms with Crippen molar-refractivity contribution in [2.45, 2.75) is 165 Å². The molecule has 2 aromatic rings. The Labute approximate surface area is 318 Å². The second kappa shape index (κ2) is 32.1. The number of aryl methyl sites for hydroxylation is 2. The molecule has 0 fully saturated rings. The average molecular weight is 777 g/mol. The minimum atomic E-state index is -4.10. The van der Waals surface area contributed by atoms with Gasteiger partial charge < -0.3 is 10.2 Å². The van der Waals surface area contributed by atoms with Gasteiger partial charge in [0, 0.05) is 21.7 Å². The van der Waals surface area contributed by atoms with E-state index in [1.807, 2.05) is 12.1 Å². The summed E-state index contributed by atoms with van der Waals surface area (Å²) >= 11 is 0. The van der Waals surface area contributed by atoms with Crippen LogP contribution in [0.2, 0.25) is 0 Å². The number of rotatable bonds is 25. The third kappa shape index (κ3) is 28.0. The SMILES string of the molecule is CCCCCCCCCCCCc1ccccc1S(=O)(=O)O.CCCCCCCCCCCCc1ccccc1S(=O)(=O)O.O=C(O)CO.[Ti]. The first-order valence-corrected chi connectivity index (χ1v) is 21.2. The summed E-state index contributed by atoms with van der Waals surface area (Å²) in [6, 6.07) is 13.5. The van der Waals surface area contributed by atoms with Crippen molar-refractivity contribution >= 4 is 26.2 Å². The fourth-order valence-corrected chi connectivity index (χ4v) is 7.03. The molecule has 2 rings (SSSR count). The Hall–Kier alpha value is -1.60. The number of benzene rings is 2. The predicted octanol–water partition coefficient (Wildman–Crippen LogP) is 9.85. The van der Waals surface area contributed by atoms with Crippen LogP contribution < -0.4 is 0 Å². The van der Waals surface area contributed by atoms with Gasteiger partial charge in [0.25, 0.3) is 20.2 Å². The minimum absolute atomic E-state index is 0. The normalized spacial score (nSPS) is 11.1. The number of carboxylic acid groups (broad SMARTS) is 1. The summed E-state index contributed by atoms with van der Waals surface area (Å²) in [5.74, 6) is -1.19. The number of hydrogen-bond acceptors (Lipinski definition) is 6. The van der Waals surface area contributed by atoms with Crippen LogP contribution in [0.1, 0.15) is 153 Å². The van der Waals surface area contributed by atoms with Crippen LogP contribution in [0.5, 0.6) is 0 Å². The zero-order chi connectivity index (χ0) is 36.8. The zero-order valence-corrected chi connectivity index (χ0v) is 33.7. The fourth-order valence-electron chi connectivity index (χ4n) is 5.53. The van der Waals surface area contributed by atoms with Crippen LogP contribution in [0, 0.1) is 0 Å². The van der Waals surface area contributed by atoms with Crippen molar-refractivity contribution in [3.8, 4) is 0 Å². The maximum absolute atomic E-state index is 11.3. The predicted molar refractivity (Wildman–Crippen MR) is 198 cm³/mol. The monoisotopic (exact) mass is 776 g/mol. The fraction of sp³-hybridized carbons (Fsp3) is 0.658. The second-order valence-corrected chi connectivity index (χ2v) is 15.4. The van der Waals surface area contributed by atoms with Gasteiger partial charge in [0.05, 0.1) is 9.79 Å². The molecule has 0 bridgehead atoms. The summed E-state index contributed by atoms with van der Waals surface area (Å²) in [5.41, 5.74) is 1.45. The van der Waals surface area contributed by atoms with Crippen LogP contribution in [0.4, 0.5) is 0 Å². The van der Waals surface area contributed by atoms with E-state index in [2.05, 4.69) is 13.8 Å². The van der Waals surface area contributed by atoms with Crippen molar-refractivity contribution < 1.29 is 62.7 Å². The van der Waals surface area contributed by atoms with Crippen LogP contribution in [-0.2, 0) is 59.6 Å². The van der Waals surface area contributed by atoms with Gasteiger partial charge in [-0.15, -0.1) is 0 Å².